The molecule has 0 bridgehead atoms. The Labute approximate surface area is 86.5 Å². The van der Waals surface area contributed by atoms with E-state index >= 15 is 0 Å². The summed E-state index contributed by atoms with van der Waals surface area (Å²) in [5.41, 5.74) is 4.77. The zero-order valence-corrected chi connectivity index (χ0v) is 8.50. The van der Waals surface area contributed by atoms with Crippen molar-refractivity contribution < 1.29 is 13.2 Å². The molecule has 0 radical (unpaired) electrons. The number of nitrogens with two attached hydrogens (primary N) is 1. The molecule has 0 amide bonds. The van der Waals surface area contributed by atoms with Crippen LogP contribution in [0.15, 0.2) is 18.3 Å². The molecule has 0 spiro atoms. The molecule has 0 aliphatic carbocycles. The Bertz CT molecular complexity index is 283. The van der Waals surface area contributed by atoms with Crippen molar-refractivity contribution in [1.82, 2.24) is 4.98 Å². The summed E-state index contributed by atoms with van der Waals surface area (Å²) in [4.78, 5) is 3.59. The van der Waals surface area contributed by atoms with Crippen LogP contribution in [0.1, 0.15) is 11.7 Å². The number of pyridine rings is 1. The molecular weight excluding hydrogens is 296 g/mol. The molecule has 1 aromatic heterocycles. The molecule has 0 aliphatic rings. The molecule has 1 rings (SSSR count). The van der Waals surface area contributed by atoms with Gasteiger partial charge < -0.3 is 5.73 Å². The van der Waals surface area contributed by atoms with Crippen molar-refractivity contribution in [2.24, 2.45) is 5.73 Å². The largest absolute Gasteiger partial charge is 0.409 e. The summed E-state index contributed by atoms with van der Waals surface area (Å²) in [6, 6.07) is 0.818. The van der Waals surface area contributed by atoms with E-state index in [1.54, 1.807) is 0 Å². The van der Waals surface area contributed by atoms with Crippen LogP contribution < -0.4 is 5.73 Å². The van der Waals surface area contributed by atoms with Crippen LogP contribution in [-0.4, -0.2) is 11.2 Å². The van der Waals surface area contributed by atoms with E-state index in [1.807, 2.05) is 22.6 Å². The van der Waals surface area contributed by atoms with E-state index < -0.39 is 12.2 Å². The van der Waals surface area contributed by atoms with E-state index in [1.165, 1.54) is 18.3 Å². The van der Waals surface area contributed by atoms with Crippen LogP contribution in [-0.2, 0) is 0 Å². The third-order valence-corrected chi connectivity index (χ3v) is 2.06. The van der Waals surface area contributed by atoms with E-state index in [4.69, 9.17) is 5.73 Å². The Morgan fingerprint density at radius 3 is 2.38 bits per heavy atom. The van der Waals surface area contributed by atoms with Crippen LogP contribution >= 0.6 is 22.6 Å². The summed E-state index contributed by atoms with van der Waals surface area (Å²) in [5.74, 6) is 0. The van der Waals surface area contributed by atoms with Crippen LogP contribution in [0.3, 0.4) is 0 Å². The predicted octanol–water partition coefficient (Wildman–Crippen LogP) is 2.25. The minimum atomic E-state index is -4.43. The molecule has 0 saturated heterocycles. The zero-order valence-electron chi connectivity index (χ0n) is 6.35. The molecule has 2 N–H and O–H groups in total. The lowest BCUT2D eigenvalue weighted by atomic mass is 10.2. The number of nitrogens with zero attached hydrogens (tertiary/aromatic N) is 1. The van der Waals surface area contributed by atoms with E-state index in [0.717, 1.165) is 3.57 Å². The van der Waals surface area contributed by atoms with Crippen molar-refractivity contribution >= 4 is 22.6 Å². The molecule has 0 aromatic carbocycles. The van der Waals surface area contributed by atoms with Crippen LogP contribution in [0.5, 0.6) is 0 Å². The molecule has 0 fully saturated rings. The van der Waals surface area contributed by atoms with Gasteiger partial charge in [0.25, 0.3) is 0 Å². The van der Waals surface area contributed by atoms with Crippen molar-refractivity contribution in [3.05, 3.63) is 27.6 Å². The minimum Gasteiger partial charge on any atom is -0.315 e. The van der Waals surface area contributed by atoms with Gasteiger partial charge in [0, 0.05) is 9.77 Å². The molecular formula is C7H6F3IN2. The molecule has 72 valence electrons. The summed E-state index contributed by atoms with van der Waals surface area (Å²) in [7, 11) is 0. The fraction of sp³-hybridized carbons (Fsp3) is 0.286. The van der Waals surface area contributed by atoms with Crippen molar-refractivity contribution in [3.63, 3.8) is 0 Å². The highest BCUT2D eigenvalue weighted by Gasteiger charge is 2.38. The number of aromatic nitrogens is 1. The topological polar surface area (TPSA) is 38.9 Å². The van der Waals surface area contributed by atoms with Crippen LogP contribution in [0.4, 0.5) is 13.2 Å². The Kier molecular flexibility index (Phi) is 3.12. The maximum Gasteiger partial charge on any atom is 0.409 e. The number of hydrogen-bond acceptors (Lipinski definition) is 2. The molecule has 0 aliphatic heterocycles. The fourth-order valence-corrected chi connectivity index (χ4v) is 1.06. The summed E-state index contributed by atoms with van der Waals surface area (Å²) < 4.78 is 37.0. The quantitative estimate of drug-likeness (QED) is 0.808. The van der Waals surface area contributed by atoms with Crippen LogP contribution in [0.25, 0.3) is 0 Å². The fourth-order valence-electron chi connectivity index (χ4n) is 0.739. The van der Waals surface area contributed by atoms with E-state index in [2.05, 4.69) is 4.98 Å². The van der Waals surface area contributed by atoms with Gasteiger partial charge in [0.1, 0.15) is 6.04 Å². The lowest BCUT2D eigenvalue weighted by molar-refractivity contribution is -0.150. The van der Waals surface area contributed by atoms with Gasteiger partial charge in [0.05, 0.1) is 5.69 Å². The standard InChI is InChI=1S/C7H6F3IN2/c8-7(9,10)6(12)5-2-1-4(11)3-13-5/h1-3,6H,12H2/t6-/m0/s1. The third kappa shape index (κ3) is 2.80. The van der Waals surface area contributed by atoms with E-state index in [9.17, 15) is 13.2 Å². The molecule has 1 heterocycles. The molecule has 1 atom stereocenters. The van der Waals surface area contributed by atoms with E-state index in [-0.39, 0.29) is 5.69 Å². The van der Waals surface area contributed by atoms with Gasteiger partial charge in [0.2, 0.25) is 0 Å². The van der Waals surface area contributed by atoms with Gasteiger partial charge in [-0.05, 0) is 34.7 Å². The lowest BCUT2D eigenvalue weighted by Crippen LogP contribution is -2.29. The minimum absolute atomic E-state index is 0.159. The second kappa shape index (κ2) is 3.79. The van der Waals surface area contributed by atoms with Gasteiger partial charge in [-0.1, -0.05) is 0 Å². The second-order valence-electron chi connectivity index (χ2n) is 2.42. The molecule has 2 nitrogen and oxygen atoms in total. The SMILES string of the molecule is N[C@@H](c1ccc(I)cn1)C(F)(F)F. The summed E-state index contributed by atoms with van der Waals surface area (Å²) >= 11 is 1.96. The molecule has 1 aromatic rings. The van der Waals surface area contributed by atoms with Gasteiger partial charge in [-0.15, -0.1) is 0 Å². The van der Waals surface area contributed by atoms with Crippen molar-refractivity contribution in [2.45, 2.75) is 12.2 Å². The predicted molar refractivity (Wildman–Crippen MR) is 49.9 cm³/mol. The van der Waals surface area contributed by atoms with Crippen molar-refractivity contribution in [2.75, 3.05) is 0 Å². The smallest absolute Gasteiger partial charge is 0.315 e. The zero-order chi connectivity index (χ0) is 10.1. The Morgan fingerprint density at radius 1 is 1.38 bits per heavy atom. The first kappa shape index (κ1) is 10.7. The Balaban J connectivity index is 2.90. The number of hydrogen-bond donors (Lipinski definition) is 1. The number of halogens is 4. The highest BCUT2D eigenvalue weighted by Crippen LogP contribution is 2.29. The first-order valence-corrected chi connectivity index (χ1v) is 4.43. The van der Waals surface area contributed by atoms with Gasteiger partial charge in [-0.25, -0.2) is 0 Å². The van der Waals surface area contributed by atoms with Crippen LogP contribution in [0, 0.1) is 3.57 Å². The molecule has 0 saturated carbocycles. The molecule has 6 heteroatoms. The summed E-state index contributed by atoms with van der Waals surface area (Å²) in [5, 5.41) is 0. The van der Waals surface area contributed by atoms with Gasteiger partial charge in [0.15, 0.2) is 0 Å². The highest BCUT2D eigenvalue weighted by molar-refractivity contribution is 14.1. The summed E-state index contributed by atoms with van der Waals surface area (Å²) in [6.45, 7) is 0. The second-order valence-corrected chi connectivity index (χ2v) is 3.67. The average molecular weight is 302 g/mol. The molecule has 0 unspecified atom stereocenters. The normalized spacial score (nSPS) is 14.2. The Hall–Kier alpha value is -0.370. The first-order chi connectivity index (χ1) is 5.91. The summed E-state index contributed by atoms with van der Waals surface area (Å²) in [6.07, 6.45) is -3.08. The maximum absolute atomic E-state index is 12.1. The van der Waals surface area contributed by atoms with Crippen molar-refractivity contribution in [1.29, 1.82) is 0 Å². The highest BCUT2D eigenvalue weighted by atomic mass is 127. The average Bonchev–Trinajstić information content (AvgIpc) is 2.03. The molecule has 13 heavy (non-hydrogen) atoms. The van der Waals surface area contributed by atoms with Gasteiger partial charge >= 0.3 is 6.18 Å². The first-order valence-electron chi connectivity index (χ1n) is 3.35. The van der Waals surface area contributed by atoms with Crippen molar-refractivity contribution in [3.8, 4) is 0 Å². The van der Waals surface area contributed by atoms with Gasteiger partial charge in [-0.2, -0.15) is 13.2 Å². The number of rotatable bonds is 1. The number of alkyl halides is 3. The van der Waals surface area contributed by atoms with Crippen LogP contribution in [0.2, 0.25) is 0 Å². The van der Waals surface area contributed by atoms with Gasteiger partial charge in [-0.3, -0.25) is 4.98 Å². The third-order valence-electron chi connectivity index (χ3n) is 1.42. The maximum atomic E-state index is 12.1. The Morgan fingerprint density at radius 2 is 2.00 bits per heavy atom. The van der Waals surface area contributed by atoms with E-state index in [0.29, 0.717) is 0 Å². The monoisotopic (exact) mass is 302 g/mol. The lowest BCUT2D eigenvalue weighted by Gasteiger charge is -2.14.